The molecule has 0 aliphatic carbocycles. The normalized spacial score (nSPS) is 10.2. The van der Waals surface area contributed by atoms with Crippen molar-refractivity contribution in [2.75, 3.05) is 5.32 Å². The van der Waals surface area contributed by atoms with Crippen molar-refractivity contribution in [1.29, 1.82) is 0 Å². The molecule has 0 heterocycles. The molecule has 0 aromatic heterocycles. The molecule has 4 nitrogen and oxygen atoms in total. The zero-order valence-corrected chi connectivity index (χ0v) is 12.1. The summed E-state index contributed by atoms with van der Waals surface area (Å²) >= 11 is 9.06. The van der Waals surface area contributed by atoms with Crippen molar-refractivity contribution in [3.63, 3.8) is 0 Å². The second-order valence-corrected chi connectivity index (χ2v) is 5.29. The SMILES string of the molecule is O=[N+]([O-])c1cc(Br)cc(CNc2ccc(Cl)cc2)c1. The summed E-state index contributed by atoms with van der Waals surface area (Å²) in [5, 5.41) is 14.6. The molecule has 2 aromatic carbocycles. The van der Waals surface area contributed by atoms with Crippen molar-refractivity contribution in [3.8, 4) is 0 Å². The topological polar surface area (TPSA) is 55.2 Å². The number of nitro groups is 1. The lowest BCUT2D eigenvalue weighted by Gasteiger charge is -2.07. The quantitative estimate of drug-likeness (QED) is 0.652. The Labute approximate surface area is 123 Å². The molecule has 0 atom stereocenters. The van der Waals surface area contributed by atoms with Gasteiger partial charge in [-0.25, -0.2) is 0 Å². The van der Waals surface area contributed by atoms with Gasteiger partial charge in [-0.1, -0.05) is 27.5 Å². The number of halogens is 2. The molecule has 19 heavy (non-hydrogen) atoms. The number of benzene rings is 2. The molecule has 0 bridgehead atoms. The van der Waals surface area contributed by atoms with Gasteiger partial charge in [0.1, 0.15) is 0 Å². The standard InChI is InChI=1S/C13H10BrClN2O2/c14-10-5-9(6-13(7-10)17(18)19)8-16-12-3-1-11(15)2-4-12/h1-7,16H,8H2. The van der Waals surface area contributed by atoms with E-state index in [0.717, 1.165) is 11.3 Å². The molecule has 2 aromatic rings. The predicted octanol–water partition coefficient (Wildman–Crippen LogP) is 4.62. The average Bonchev–Trinajstić information content (AvgIpc) is 2.37. The van der Waals surface area contributed by atoms with Crippen LogP contribution in [0.2, 0.25) is 5.02 Å². The van der Waals surface area contributed by atoms with Crippen molar-refractivity contribution >= 4 is 38.9 Å². The molecule has 0 spiro atoms. The number of hydrogen-bond donors (Lipinski definition) is 1. The minimum absolute atomic E-state index is 0.0716. The third-order valence-electron chi connectivity index (χ3n) is 2.49. The molecule has 98 valence electrons. The van der Waals surface area contributed by atoms with Crippen LogP contribution < -0.4 is 5.32 Å². The summed E-state index contributed by atoms with van der Waals surface area (Å²) in [5.74, 6) is 0. The number of nitrogens with zero attached hydrogens (tertiary/aromatic N) is 1. The van der Waals surface area contributed by atoms with Crippen LogP contribution in [0, 0.1) is 10.1 Å². The molecule has 0 unspecified atom stereocenters. The molecular weight excluding hydrogens is 332 g/mol. The summed E-state index contributed by atoms with van der Waals surface area (Å²) in [7, 11) is 0. The molecule has 0 radical (unpaired) electrons. The van der Waals surface area contributed by atoms with Crippen molar-refractivity contribution in [3.05, 3.63) is 67.6 Å². The average molecular weight is 342 g/mol. The van der Waals surface area contributed by atoms with Gasteiger partial charge in [-0.15, -0.1) is 0 Å². The third kappa shape index (κ3) is 3.94. The number of rotatable bonds is 4. The molecule has 0 amide bonds. The number of non-ortho nitro benzene ring substituents is 1. The van der Waals surface area contributed by atoms with Crippen LogP contribution in [0.15, 0.2) is 46.9 Å². The van der Waals surface area contributed by atoms with E-state index in [-0.39, 0.29) is 5.69 Å². The van der Waals surface area contributed by atoms with Gasteiger partial charge in [0, 0.05) is 33.9 Å². The van der Waals surface area contributed by atoms with E-state index in [1.165, 1.54) is 6.07 Å². The third-order valence-corrected chi connectivity index (χ3v) is 3.20. The Morgan fingerprint density at radius 1 is 1.21 bits per heavy atom. The zero-order valence-electron chi connectivity index (χ0n) is 9.77. The molecule has 0 aliphatic rings. The molecule has 2 rings (SSSR count). The maximum absolute atomic E-state index is 10.8. The first-order valence-electron chi connectivity index (χ1n) is 5.48. The van der Waals surface area contributed by atoms with Crippen molar-refractivity contribution in [2.24, 2.45) is 0 Å². The van der Waals surface area contributed by atoms with Gasteiger partial charge in [-0.2, -0.15) is 0 Å². The van der Waals surface area contributed by atoms with Crippen LogP contribution >= 0.6 is 27.5 Å². The predicted molar refractivity (Wildman–Crippen MR) is 79.6 cm³/mol. The zero-order chi connectivity index (χ0) is 13.8. The number of nitro benzene ring substituents is 1. The second kappa shape index (κ2) is 6.04. The smallest absolute Gasteiger partial charge is 0.270 e. The fourth-order valence-corrected chi connectivity index (χ4v) is 2.27. The van der Waals surface area contributed by atoms with Gasteiger partial charge in [0.2, 0.25) is 0 Å². The first-order valence-corrected chi connectivity index (χ1v) is 6.65. The van der Waals surface area contributed by atoms with Crippen molar-refractivity contribution < 1.29 is 4.92 Å². The second-order valence-electron chi connectivity index (χ2n) is 3.94. The van der Waals surface area contributed by atoms with Crippen LogP contribution in [0.4, 0.5) is 11.4 Å². The highest BCUT2D eigenvalue weighted by Crippen LogP contribution is 2.22. The molecule has 0 aliphatic heterocycles. The van der Waals surface area contributed by atoms with E-state index in [0.29, 0.717) is 16.0 Å². The molecule has 0 saturated heterocycles. The van der Waals surface area contributed by atoms with Gasteiger partial charge in [0.05, 0.1) is 4.92 Å². The number of hydrogen-bond acceptors (Lipinski definition) is 3. The minimum atomic E-state index is -0.406. The largest absolute Gasteiger partial charge is 0.381 e. The van der Waals surface area contributed by atoms with Gasteiger partial charge in [-0.05, 0) is 35.9 Å². The van der Waals surface area contributed by atoms with Gasteiger partial charge in [0.15, 0.2) is 0 Å². The van der Waals surface area contributed by atoms with E-state index in [9.17, 15) is 10.1 Å². The Balaban J connectivity index is 2.11. The first kappa shape index (κ1) is 13.8. The minimum Gasteiger partial charge on any atom is -0.381 e. The molecular formula is C13H10BrClN2O2. The Bertz CT molecular complexity index is 602. The van der Waals surface area contributed by atoms with Crippen molar-refractivity contribution in [1.82, 2.24) is 0 Å². The summed E-state index contributed by atoms with van der Waals surface area (Å²) in [6.07, 6.45) is 0. The lowest BCUT2D eigenvalue weighted by Crippen LogP contribution is -2.00. The van der Waals surface area contributed by atoms with Crippen LogP contribution in [-0.2, 0) is 6.54 Å². The summed E-state index contributed by atoms with van der Waals surface area (Å²) in [4.78, 5) is 10.4. The highest BCUT2D eigenvalue weighted by molar-refractivity contribution is 9.10. The number of anilines is 1. The van der Waals surface area contributed by atoms with Gasteiger partial charge in [-0.3, -0.25) is 10.1 Å². The lowest BCUT2D eigenvalue weighted by atomic mass is 10.2. The highest BCUT2D eigenvalue weighted by atomic mass is 79.9. The Morgan fingerprint density at radius 3 is 2.53 bits per heavy atom. The van der Waals surface area contributed by atoms with Crippen LogP contribution in [0.1, 0.15) is 5.56 Å². The van der Waals surface area contributed by atoms with Crippen LogP contribution in [0.3, 0.4) is 0 Å². The molecule has 0 fully saturated rings. The maximum Gasteiger partial charge on any atom is 0.270 e. The Hall–Kier alpha value is -1.59. The van der Waals surface area contributed by atoms with Crippen LogP contribution in [0.5, 0.6) is 0 Å². The van der Waals surface area contributed by atoms with E-state index in [2.05, 4.69) is 21.2 Å². The highest BCUT2D eigenvalue weighted by Gasteiger charge is 2.08. The monoisotopic (exact) mass is 340 g/mol. The van der Waals surface area contributed by atoms with E-state index < -0.39 is 4.92 Å². The first-order chi connectivity index (χ1) is 9.04. The van der Waals surface area contributed by atoms with E-state index >= 15 is 0 Å². The van der Waals surface area contributed by atoms with Gasteiger partial charge in [0.25, 0.3) is 5.69 Å². The van der Waals surface area contributed by atoms with E-state index in [1.807, 2.05) is 18.2 Å². The van der Waals surface area contributed by atoms with Gasteiger partial charge < -0.3 is 5.32 Å². The van der Waals surface area contributed by atoms with E-state index in [4.69, 9.17) is 11.6 Å². The Kier molecular flexibility index (Phi) is 4.39. The summed E-state index contributed by atoms with van der Waals surface area (Å²) in [5.41, 5.74) is 1.81. The van der Waals surface area contributed by atoms with E-state index in [1.54, 1.807) is 18.2 Å². The van der Waals surface area contributed by atoms with Crippen LogP contribution in [0.25, 0.3) is 0 Å². The maximum atomic E-state index is 10.8. The number of nitrogens with one attached hydrogen (secondary N) is 1. The Morgan fingerprint density at radius 2 is 1.89 bits per heavy atom. The fourth-order valence-electron chi connectivity index (χ4n) is 1.61. The summed E-state index contributed by atoms with van der Waals surface area (Å²) in [6, 6.07) is 12.2. The molecule has 1 N–H and O–H groups in total. The summed E-state index contributed by atoms with van der Waals surface area (Å²) in [6.45, 7) is 0.502. The lowest BCUT2D eigenvalue weighted by molar-refractivity contribution is -0.385. The fraction of sp³-hybridized carbons (Fsp3) is 0.0769. The summed E-state index contributed by atoms with van der Waals surface area (Å²) < 4.78 is 0.689. The van der Waals surface area contributed by atoms with Crippen LogP contribution in [-0.4, -0.2) is 4.92 Å². The van der Waals surface area contributed by atoms with Crippen molar-refractivity contribution in [2.45, 2.75) is 6.54 Å². The molecule has 0 saturated carbocycles. The van der Waals surface area contributed by atoms with Gasteiger partial charge >= 0.3 is 0 Å². The molecule has 6 heteroatoms.